The van der Waals surface area contributed by atoms with Crippen LogP contribution in [-0.4, -0.2) is 18.8 Å². The third kappa shape index (κ3) is 2.91. The molecule has 0 saturated carbocycles. The zero-order valence-electron chi connectivity index (χ0n) is 13.2. The predicted octanol–water partition coefficient (Wildman–Crippen LogP) is 4.73. The number of nitrogens with zero attached hydrogens (tertiary/aromatic N) is 1. The molecule has 0 saturated heterocycles. The molecule has 6 heteroatoms. The van der Waals surface area contributed by atoms with Crippen LogP contribution in [0.15, 0.2) is 48.5 Å². The summed E-state index contributed by atoms with van der Waals surface area (Å²) < 4.78 is 52.1. The van der Waals surface area contributed by atoms with Gasteiger partial charge in [0, 0.05) is 18.0 Å². The number of benzene rings is 2. The normalized spacial score (nSPS) is 11.7. The summed E-state index contributed by atoms with van der Waals surface area (Å²) in [6, 6.07) is 13.3. The summed E-state index contributed by atoms with van der Waals surface area (Å²) in [5, 5.41) is 0.455. The average Bonchev–Trinajstić information content (AvgIpc) is 2.92. The highest BCUT2D eigenvalue weighted by Crippen LogP contribution is 2.39. The van der Waals surface area contributed by atoms with E-state index < -0.39 is 11.9 Å². The van der Waals surface area contributed by atoms with Gasteiger partial charge in [0.25, 0.3) is 0 Å². The maximum absolute atomic E-state index is 13.5. The Bertz CT molecular complexity index is 854. The number of aromatic nitrogens is 1. The van der Waals surface area contributed by atoms with Gasteiger partial charge < -0.3 is 14.0 Å². The highest BCUT2D eigenvalue weighted by molar-refractivity contribution is 5.85. The van der Waals surface area contributed by atoms with Crippen molar-refractivity contribution in [3.05, 3.63) is 59.8 Å². The molecule has 1 heterocycles. The van der Waals surface area contributed by atoms with E-state index >= 15 is 0 Å². The van der Waals surface area contributed by atoms with Crippen molar-refractivity contribution in [3.63, 3.8) is 0 Å². The van der Waals surface area contributed by atoms with E-state index in [1.807, 2.05) is 6.07 Å². The van der Waals surface area contributed by atoms with Crippen LogP contribution in [0.2, 0.25) is 0 Å². The lowest BCUT2D eigenvalue weighted by Crippen LogP contribution is -2.14. The lowest BCUT2D eigenvalue weighted by Gasteiger charge is -2.14. The molecule has 3 aromatic rings. The summed E-state index contributed by atoms with van der Waals surface area (Å²) in [4.78, 5) is 0. The molecule has 3 nitrogen and oxygen atoms in total. The number of alkyl halides is 3. The highest BCUT2D eigenvalue weighted by Gasteiger charge is 2.35. The molecular weight excluding hydrogens is 319 g/mol. The van der Waals surface area contributed by atoms with E-state index in [2.05, 4.69) is 0 Å². The monoisotopic (exact) mass is 335 g/mol. The van der Waals surface area contributed by atoms with E-state index in [-0.39, 0.29) is 6.54 Å². The topological polar surface area (TPSA) is 23.4 Å². The molecule has 0 fully saturated rings. The van der Waals surface area contributed by atoms with Crippen molar-refractivity contribution in [3.8, 4) is 11.5 Å². The van der Waals surface area contributed by atoms with Crippen LogP contribution in [-0.2, 0) is 12.7 Å². The van der Waals surface area contributed by atoms with Crippen molar-refractivity contribution in [1.82, 2.24) is 4.57 Å². The fraction of sp³-hybridized carbons (Fsp3) is 0.222. The second-order valence-corrected chi connectivity index (χ2v) is 5.37. The molecule has 0 spiro atoms. The summed E-state index contributed by atoms with van der Waals surface area (Å²) in [6.07, 6.45) is -4.45. The second kappa shape index (κ2) is 6.11. The fourth-order valence-electron chi connectivity index (χ4n) is 2.76. The number of methoxy groups -OCH3 is 2. The first kappa shape index (κ1) is 16.2. The summed E-state index contributed by atoms with van der Waals surface area (Å²) in [5.74, 6) is 0.793. The van der Waals surface area contributed by atoms with Crippen LogP contribution in [0, 0.1) is 0 Å². The Balaban J connectivity index is 2.23. The zero-order chi connectivity index (χ0) is 17.3. The van der Waals surface area contributed by atoms with E-state index in [1.54, 1.807) is 36.4 Å². The van der Waals surface area contributed by atoms with Crippen LogP contribution in [0.1, 0.15) is 11.3 Å². The van der Waals surface area contributed by atoms with Gasteiger partial charge in [-0.25, -0.2) is 0 Å². The summed E-state index contributed by atoms with van der Waals surface area (Å²) in [5.41, 5.74) is 0.538. The van der Waals surface area contributed by atoms with Gasteiger partial charge in [-0.2, -0.15) is 13.2 Å². The lowest BCUT2D eigenvalue weighted by atomic mass is 10.2. The van der Waals surface area contributed by atoms with E-state index in [0.717, 1.165) is 11.6 Å². The Hall–Kier alpha value is -2.63. The van der Waals surface area contributed by atoms with Gasteiger partial charge in [0.15, 0.2) is 11.5 Å². The number of hydrogen-bond acceptors (Lipinski definition) is 2. The van der Waals surface area contributed by atoms with E-state index in [1.165, 1.54) is 18.8 Å². The number of hydrogen-bond donors (Lipinski definition) is 0. The van der Waals surface area contributed by atoms with Crippen molar-refractivity contribution in [1.29, 1.82) is 0 Å². The minimum Gasteiger partial charge on any atom is -0.493 e. The first-order chi connectivity index (χ1) is 11.4. The second-order valence-electron chi connectivity index (χ2n) is 5.37. The lowest BCUT2D eigenvalue weighted by molar-refractivity contribution is -0.143. The standard InChI is InChI=1S/C18H16F3NO2/c1-23-15-8-13-9-17(18(19,20)21)22(14(13)10-16(15)24-2)11-12-6-4-3-5-7-12/h3-10H,11H2,1-2H3. The Kier molecular flexibility index (Phi) is 4.13. The molecule has 2 aromatic carbocycles. The van der Waals surface area contributed by atoms with Gasteiger partial charge in [-0.15, -0.1) is 0 Å². The molecule has 0 radical (unpaired) electrons. The minimum absolute atomic E-state index is 0.120. The van der Waals surface area contributed by atoms with Crippen molar-refractivity contribution in [2.75, 3.05) is 14.2 Å². The fourth-order valence-corrected chi connectivity index (χ4v) is 2.76. The Morgan fingerprint density at radius 2 is 1.54 bits per heavy atom. The Morgan fingerprint density at radius 3 is 2.12 bits per heavy atom. The Labute approximate surface area is 137 Å². The molecule has 0 N–H and O–H groups in total. The maximum atomic E-state index is 13.5. The van der Waals surface area contributed by atoms with Gasteiger partial charge in [0.1, 0.15) is 5.69 Å². The molecule has 0 aliphatic rings. The number of halogens is 3. The molecule has 24 heavy (non-hydrogen) atoms. The van der Waals surface area contributed by atoms with Gasteiger partial charge in [-0.3, -0.25) is 0 Å². The Morgan fingerprint density at radius 1 is 0.917 bits per heavy atom. The third-order valence-electron chi connectivity index (χ3n) is 3.88. The summed E-state index contributed by atoms with van der Waals surface area (Å²) >= 11 is 0. The van der Waals surface area contributed by atoms with E-state index in [9.17, 15) is 13.2 Å². The van der Waals surface area contributed by atoms with Crippen LogP contribution < -0.4 is 9.47 Å². The number of ether oxygens (including phenoxy) is 2. The summed E-state index contributed by atoms with van der Waals surface area (Å²) in [7, 11) is 2.91. The van der Waals surface area contributed by atoms with Gasteiger partial charge in [0.2, 0.25) is 0 Å². The maximum Gasteiger partial charge on any atom is 0.431 e. The van der Waals surface area contributed by atoms with Crippen molar-refractivity contribution < 1.29 is 22.6 Å². The minimum atomic E-state index is -4.45. The molecule has 0 aliphatic carbocycles. The van der Waals surface area contributed by atoms with E-state index in [4.69, 9.17) is 9.47 Å². The molecule has 126 valence electrons. The number of fused-ring (bicyclic) bond motifs is 1. The van der Waals surface area contributed by atoms with E-state index in [0.29, 0.717) is 22.4 Å². The number of rotatable bonds is 4. The molecule has 3 rings (SSSR count). The van der Waals surface area contributed by atoms with Crippen LogP contribution in [0.3, 0.4) is 0 Å². The molecule has 0 aliphatic heterocycles. The molecule has 0 bridgehead atoms. The molecule has 0 unspecified atom stereocenters. The smallest absolute Gasteiger partial charge is 0.431 e. The van der Waals surface area contributed by atoms with Gasteiger partial charge in [0.05, 0.1) is 19.7 Å². The molecule has 0 amide bonds. The first-order valence-corrected chi connectivity index (χ1v) is 7.30. The predicted molar refractivity (Wildman–Crippen MR) is 85.6 cm³/mol. The zero-order valence-corrected chi connectivity index (χ0v) is 13.2. The van der Waals surface area contributed by atoms with Crippen LogP contribution in [0.5, 0.6) is 11.5 Å². The van der Waals surface area contributed by atoms with Crippen LogP contribution >= 0.6 is 0 Å². The quantitative estimate of drug-likeness (QED) is 0.688. The SMILES string of the molecule is COc1cc2cc(C(F)(F)F)n(Cc3ccccc3)c2cc1OC. The molecule has 1 aromatic heterocycles. The van der Waals surface area contributed by atoms with Gasteiger partial charge in [-0.1, -0.05) is 30.3 Å². The molecule has 0 atom stereocenters. The summed E-state index contributed by atoms with van der Waals surface area (Å²) in [6.45, 7) is 0.120. The van der Waals surface area contributed by atoms with Gasteiger partial charge >= 0.3 is 6.18 Å². The van der Waals surface area contributed by atoms with Gasteiger partial charge in [-0.05, 0) is 17.7 Å². The van der Waals surface area contributed by atoms with Crippen molar-refractivity contribution in [2.24, 2.45) is 0 Å². The largest absolute Gasteiger partial charge is 0.493 e. The van der Waals surface area contributed by atoms with Crippen LogP contribution in [0.25, 0.3) is 10.9 Å². The first-order valence-electron chi connectivity index (χ1n) is 7.30. The molecular formula is C18H16F3NO2. The third-order valence-corrected chi connectivity index (χ3v) is 3.88. The average molecular weight is 335 g/mol. The van der Waals surface area contributed by atoms with Crippen molar-refractivity contribution in [2.45, 2.75) is 12.7 Å². The van der Waals surface area contributed by atoms with Crippen molar-refractivity contribution >= 4 is 10.9 Å². The van der Waals surface area contributed by atoms with Crippen LogP contribution in [0.4, 0.5) is 13.2 Å². The highest BCUT2D eigenvalue weighted by atomic mass is 19.4.